The molecule has 2 aromatic carbocycles. The van der Waals surface area contributed by atoms with Crippen LogP contribution in [0.2, 0.25) is 0 Å². The number of rotatable bonds is 7. The van der Waals surface area contributed by atoms with Crippen molar-refractivity contribution in [1.82, 2.24) is 14.9 Å². The smallest absolute Gasteiger partial charge is 0.425 e. The van der Waals surface area contributed by atoms with E-state index in [-0.39, 0.29) is 18.5 Å². The number of aromatic nitrogens is 2. The minimum atomic E-state index is -5.43. The monoisotopic (exact) mass is 532 g/mol. The zero-order chi connectivity index (χ0) is 27.8. The van der Waals surface area contributed by atoms with Gasteiger partial charge in [0.25, 0.3) is 22.9 Å². The van der Waals surface area contributed by atoms with Crippen LogP contribution in [0.15, 0.2) is 52.1 Å². The van der Waals surface area contributed by atoms with Crippen molar-refractivity contribution in [3.05, 3.63) is 85.6 Å². The summed E-state index contributed by atoms with van der Waals surface area (Å²) < 4.78 is 54.9. The first-order valence-electron chi connectivity index (χ1n) is 11.3. The first-order chi connectivity index (χ1) is 17.9. The predicted molar refractivity (Wildman–Crippen MR) is 130 cm³/mol. The molecular weight excluding hydrogens is 509 g/mol. The van der Waals surface area contributed by atoms with Gasteiger partial charge in [-0.05, 0) is 43.2 Å². The Hall–Kier alpha value is -4.55. The maximum Gasteiger partial charge on any atom is 0.425 e. The lowest BCUT2D eigenvalue weighted by atomic mass is 9.91. The number of nitrogens with one attached hydrogen (secondary N) is 3. The summed E-state index contributed by atoms with van der Waals surface area (Å²) in [5, 5.41) is 3.73. The number of halogens is 3. The van der Waals surface area contributed by atoms with Crippen LogP contribution < -0.4 is 31.4 Å². The van der Waals surface area contributed by atoms with Crippen molar-refractivity contribution in [1.29, 1.82) is 0 Å². The van der Waals surface area contributed by atoms with Gasteiger partial charge in [-0.1, -0.05) is 23.8 Å². The molecule has 10 nitrogen and oxygen atoms in total. The Bertz CT molecular complexity index is 1530. The summed E-state index contributed by atoms with van der Waals surface area (Å²) in [5.41, 5.74) is -6.10. The highest BCUT2D eigenvalue weighted by Gasteiger charge is 2.68. The Labute approximate surface area is 213 Å². The summed E-state index contributed by atoms with van der Waals surface area (Å²) in [4.78, 5) is 53.0. The van der Waals surface area contributed by atoms with E-state index in [1.807, 2.05) is 10.3 Å². The number of ether oxygens (including phenoxy) is 2. The highest BCUT2D eigenvalue weighted by Crippen LogP contribution is 2.45. The molecule has 3 N–H and O–H groups in total. The van der Waals surface area contributed by atoms with Gasteiger partial charge in [0, 0.05) is 12.1 Å². The van der Waals surface area contributed by atoms with E-state index in [9.17, 15) is 32.3 Å². The molecule has 0 aliphatic carbocycles. The molecular formula is C25H23F3N4O6. The molecule has 0 unspecified atom stereocenters. The van der Waals surface area contributed by atoms with Crippen molar-refractivity contribution < 1.29 is 32.2 Å². The number of H-pyrrole nitrogens is 1. The molecule has 0 saturated heterocycles. The van der Waals surface area contributed by atoms with Gasteiger partial charge in [0.1, 0.15) is 11.4 Å². The molecule has 0 spiro atoms. The second-order valence-corrected chi connectivity index (χ2v) is 8.60. The van der Waals surface area contributed by atoms with Crippen molar-refractivity contribution in [2.24, 2.45) is 0 Å². The van der Waals surface area contributed by atoms with E-state index in [0.717, 1.165) is 10.1 Å². The first-order valence-corrected chi connectivity index (χ1v) is 11.3. The van der Waals surface area contributed by atoms with Crippen LogP contribution in [-0.2, 0) is 23.3 Å². The Morgan fingerprint density at radius 2 is 1.68 bits per heavy atom. The number of benzene rings is 2. The van der Waals surface area contributed by atoms with Crippen molar-refractivity contribution in [2.75, 3.05) is 19.5 Å². The quantitative estimate of drug-likeness (QED) is 0.428. The standard InChI is InChI=1S/C25H23F3N4O6/c1-13-4-7-15(8-5-13)20(33)31-24(25(26,27)28)18-19(29-22(24)35)32(23(36)30-21(18)34)11-10-14-6-9-16(37-2)17(12-14)38-3/h4-9,12H,10-11H2,1-3H3,(H,29,35)(H,31,33)(H,30,34,36)/t24-/m1/s1. The summed E-state index contributed by atoms with van der Waals surface area (Å²) in [6.45, 7) is 1.51. The van der Waals surface area contributed by atoms with Crippen molar-refractivity contribution in [3.8, 4) is 11.5 Å². The largest absolute Gasteiger partial charge is 0.493 e. The topological polar surface area (TPSA) is 132 Å². The second-order valence-electron chi connectivity index (χ2n) is 8.60. The number of nitrogens with zero attached hydrogens (tertiary/aromatic N) is 1. The maximum absolute atomic E-state index is 14.6. The van der Waals surface area contributed by atoms with Gasteiger partial charge in [-0.3, -0.25) is 23.9 Å². The van der Waals surface area contributed by atoms with Crippen LogP contribution in [0, 0.1) is 6.92 Å². The van der Waals surface area contributed by atoms with Gasteiger partial charge >= 0.3 is 11.9 Å². The number of carbonyl (C=O) groups excluding carboxylic acids is 2. The molecule has 0 radical (unpaired) electrons. The molecule has 1 atom stereocenters. The lowest BCUT2D eigenvalue weighted by Crippen LogP contribution is -2.62. The van der Waals surface area contributed by atoms with E-state index < -0.39 is 46.2 Å². The zero-order valence-corrected chi connectivity index (χ0v) is 20.5. The van der Waals surface area contributed by atoms with Crippen LogP contribution >= 0.6 is 0 Å². The Kier molecular flexibility index (Phi) is 6.78. The molecule has 0 bridgehead atoms. The average Bonchev–Trinajstić information content (AvgIpc) is 3.17. The molecule has 1 aromatic heterocycles. The van der Waals surface area contributed by atoms with E-state index in [1.165, 1.54) is 38.5 Å². The van der Waals surface area contributed by atoms with E-state index >= 15 is 0 Å². The van der Waals surface area contributed by atoms with E-state index in [2.05, 4.69) is 0 Å². The minimum absolute atomic E-state index is 0.114. The van der Waals surface area contributed by atoms with Crippen molar-refractivity contribution in [2.45, 2.75) is 31.6 Å². The molecule has 13 heteroatoms. The van der Waals surface area contributed by atoms with Gasteiger partial charge < -0.3 is 20.1 Å². The van der Waals surface area contributed by atoms with Crippen LogP contribution in [0.1, 0.15) is 27.0 Å². The molecule has 3 aromatic rings. The highest BCUT2D eigenvalue weighted by atomic mass is 19.4. The summed E-state index contributed by atoms with van der Waals surface area (Å²) in [6.07, 6.45) is -5.31. The van der Waals surface area contributed by atoms with Crippen LogP contribution in [-0.4, -0.2) is 41.8 Å². The van der Waals surface area contributed by atoms with E-state index in [0.29, 0.717) is 17.1 Å². The van der Waals surface area contributed by atoms with Crippen molar-refractivity contribution >= 4 is 17.6 Å². The number of carbonyl (C=O) groups is 2. The molecule has 0 fully saturated rings. The minimum Gasteiger partial charge on any atom is -0.493 e. The molecule has 0 saturated carbocycles. The van der Waals surface area contributed by atoms with E-state index in [1.54, 1.807) is 30.4 Å². The number of aryl methyl sites for hydroxylation is 2. The van der Waals surface area contributed by atoms with Gasteiger partial charge in [-0.2, -0.15) is 13.2 Å². The Balaban J connectivity index is 1.78. The molecule has 2 heterocycles. The summed E-state index contributed by atoms with van der Waals surface area (Å²) in [7, 11) is 2.88. The number of methoxy groups -OCH3 is 2. The van der Waals surface area contributed by atoms with Crippen molar-refractivity contribution in [3.63, 3.8) is 0 Å². The number of hydrogen-bond acceptors (Lipinski definition) is 6. The normalized spacial score (nSPS) is 16.5. The second kappa shape index (κ2) is 9.72. The molecule has 1 aliphatic heterocycles. The molecule has 4 rings (SSSR count). The average molecular weight is 532 g/mol. The van der Waals surface area contributed by atoms with Gasteiger partial charge in [0.2, 0.25) is 0 Å². The van der Waals surface area contributed by atoms with E-state index in [4.69, 9.17) is 9.47 Å². The predicted octanol–water partition coefficient (Wildman–Crippen LogP) is 2.24. The number of amides is 2. The first kappa shape index (κ1) is 26.5. The molecule has 1 aliphatic rings. The van der Waals surface area contributed by atoms with Crippen LogP contribution in [0.25, 0.3) is 0 Å². The Morgan fingerprint density at radius 1 is 1.03 bits per heavy atom. The van der Waals surface area contributed by atoms with Gasteiger partial charge in [0.15, 0.2) is 11.5 Å². The van der Waals surface area contributed by atoms with Gasteiger partial charge in [-0.15, -0.1) is 0 Å². The highest BCUT2D eigenvalue weighted by molar-refractivity contribution is 6.09. The molecule has 2 amide bonds. The third-order valence-electron chi connectivity index (χ3n) is 6.26. The van der Waals surface area contributed by atoms with Crippen LogP contribution in [0.4, 0.5) is 19.0 Å². The third kappa shape index (κ3) is 4.40. The summed E-state index contributed by atoms with van der Waals surface area (Å²) >= 11 is 0. The lowest BCUT2D eigenvalue weighted by molar-refractivity contribution is -0.196. The fourth-order valence-corrected chi connectivity index (χ4v) is 4.26. The lowest BCUT2D eigenvalue weighted by Gasteiger charge is -2.30. The number of aromatic amines is 1. The molecule has 38 heavy (non-hydrogen) atoms. The SMILES string of the molecule is COc1ccc(CCn2c3c(c(=O)[nH]c2=O)[C@](NC(=O)c2ccc(C)cc2)(C(F)(F)F)C(=O)N3)cc1OC. The third-order valence-corrected chi connectivity index (χ3v) is 6.26. The maximum atomic E-state index is 14.6. The number of alkyl halides is 3. The van der Waals surface area contributed by atoms with Crippen LogP contribution in [0.3, 0.4) is 0 Å². The number of anilines is 1. The summed E-state index contributed by atoms with van der Waals surface area (Å²) in [5.74, 6) is -2.74. The molecule has 200 valence electrons. The zero-order valence-electron chi connectivity index (χ0n) is 20.5. The number of hydrogen-bond donors (Lipinski definition) is 3. The van der Waals surface area contributed by atoms with Gasteiger partial charge in [0.05, 0.1) is 14.2 Å². The fourth-order valence-electron chi connectivity index (χ4n) is 4.26. The summed E-state index contributed by atoms with van der Waals surface area (Å²) in [6, 6.07) is 10.5. The Morgan fingerprint density at radius 3 is 2.29 bits per heavy atom. The van der Waals surface area contributed by atoms with Gasteiger partial charge in [-0.25, -0.2) is 4.79 Å². The number of fused-ring (bicyclic) bond motifs is 1. The van der Waals surface area contributed by atoms with Crippen LogP contribution in [0.5, 0.6) is 11.5 Å². The fraction of sp³-hybridized carbons (Fsp3) is 0.280.